The highest BCUT2D eigenvalue weighted by Crippen LogP contribution is 2.18. The molecule has 1 heterocycles. The molecule has 1 aromatic carbocycles. The number of hydrogen-bond acceptors (Lipinski definition) is 2. The summed E-state index contributed by atoms with van der Waals surface area (Å²) in [6, 6.07) is 8.11. The number of unbranched alkanes of at least 4 members (excludes halogenated alkanes) is 2. The molecule has 22 heavy (non-hydrogen) atoms. The summed E-state index contributed by atoms with van der Waals surface area (Å²) in [5.74, 6) is 0.858. The summed E-state index contributed by atoms with van der Waals surface area (Å²) in [6.45, 7) is 8.67. The lowest BCUT2D eigenvalue weighted by atomic mass is 9.99. The SMILES string of the molecule is CCCCCNC(=O)c1ccc(CN2CCC[C@@H](C)C2)cc1. The van der Waals surface area contributed by atoms with Gasteiger partial charge in [-0.1, -0.05) is 38.8 Å². The van der Waals surface area contributed by atoms with Crippen LogP contribution in [0.2, 0.25) is 0 Å². The maximum atomic E-state index is 12.0. The van der Waals surface area contributed by atoms with Crippen molar-refractivity contribution in [2.24, 2.45) is 5.92 Å². The fraction of sp³-hybridized carbons (Fsp3) is 0.632. The van der Waals surface area contributed by atoms with E-state index in [9.17, 15) is 4.79 Å². The first-order valence-electron chi connectivity index (χ1n) is 8.78. The summed E-state index contributed by atoms with van der Waals surface area (Å²) in [5.41, 5.74) is 2.07. The average molecular weight is 302 g/mol. The van der Waals surface area contributed by atoms with Crippen molar-refractivity contribution in [1.82, 2.24) is 10.2 Å². The molecule has 1 N–H and O–H groups in total. The number of rotatable bonds is 7. The van der Waals surface area contributed by atoms with E-state index in [1.165, 1.54) is 44.3 Å². The number of hydrogen-bond donors (Lipinski definition) is 1. The highest BCUT2D eigenvalue weighted by molar-refractivity contribution is 5.94. The molecular formula is C19H30N2O. The number of nitrogens with one attached hydrogen (secondary N) is 1. The average Bonchev–Trinajstić information content (AvgIpc) is 2.52. The molecule has 2 rings (SSSR count). The van der Waals surface area contributed by atoms with Gasteiger partial charge in [0.25, 0.3) is 5.91 Å². The van der Waals surface area contributed by atoms with Crippen molar-refractivity contribution in [3.05, 3.63) is 35.4 Å². The third-order valence-corrected chi connectivity index (χ3v) is 4.43. The molecule has 0 unspecified atom stereocenters. The molecule has 0 saturated carbocycles. The van der Waals surface area contributed by atoms with Gasteiger partial charge in [-0.15, -0.1) is 0 Å². The van der Waals surface area contributed by atoms with Gasteiger partial charge in [0.15, 0.2) is 0 Å². The zero-order valence-electron chi connectivity index (χ0n) is 14.1. The highest BCUT2D eigenvalue weighted by Gasteiger charge is 2.16. The van der Waals surface area contributed by atoms with E-state index in [1.54, 1.807) is 0 Å². The minimum Gasteiger partial charge on any atom is -0.352 e. The molecule has 1 aromatic rings. The fourth-order valence-corrected chi connectivity index (χ4v) is 3.13. The first-order valence-corrected chi connectivity index (χ1v) is 8.78. The third-order valence-electron chi connectivity index (χ3n) is 4.43. The van der Waals surface area contributed by atoms with Crippen molar-refractivity contribution < 1.29 is 4.79 Å². The van der Waals surface area contributed by atoms with E-state index in [0.717, 1.165) is 31.0 Å². The van der Waals surface area contributed by atoms with Crippen LogP contribution >= 0.6 is 0 Å². The Labute approximate surface area is 135 Å². The van der Waals surface area contributed by atoms with E-state index in [4.69, 9.17) is 0 Å². The predicted octanol–water partition coefficient (Wildman–Crippen LogP) is 3.84. The van der Waals surface area contributed by atoms with Crippen LogP contribution in [0.4, 0.5) is 0 Å². The summed E-state index contributed by atoms with van der Waals surface area (Å²) in [5, 5.41) is 2.99. The number of benzene rings is 1. The van der Waals surface area contributed by atoms with E-state index >= 15 is 0 Å². The summed E-state index contributed by atoms with van der Waals surface area (Å²) in [4.78, 5) is 14.6. The van der Waals surface area contributed by atoms with Gasteiger partial charge >= 0.3 is 0 Å². The van der Waals surface area contributed by atoms with Gasteiger partial charge in [0.05, 0.1) is 0 Å². The Morgan fingerprint density at radius 1 is 1.27 bits per heavy atom. The number of likely N-dealkylation sites (tertiary alicyclic amines) is 1. The Balaban J connectivity index is 1.80. The Hall–Kier alpha value is -1.35. The molecule has 1 aliphatic rings. The first-order chi connectivity index (χ1) is 10.7. The van der Waals surface area contributed by atoms with E-state index in [-0.39, 0.29) is 5.91 Å². The van der Waals surface area contributed by atoms with Crippen molar-refractivity contribution in [2.45, 2.75) is 52.5 Å². The van der Waals surface area contributed by atoms with Gasteiger partial charge in [0, 0.05) is 25.2 Å². The van der Waals surface area contributed by atoms with Crippen LogP contribution < -0.4 is 5.32 Å². The molecule has 0 spiro atoms. The number of amides is 1. The van der Waals surface area contributed by atoms with Gasteiger partial charge in [-0.2, -0.15) is 0 Å². The number of carbonyl (C=O) groups excluding carboxylic acids is 1. The van der Waals surface area contributed by atoms with E-state index in [1.807, 2.05) is 12.1 Å². The first kappa shape index (κ1) is 17.0. The van der Waals surface area contributed by atoms with Gasteiger partial charge < -0.3 is 5.32 Å². The van der Waals surface area contributed by atoms with Crippen LogP contribution in [0, 0.1) is 5.92 Å². The van der Waals surface area contributed by atoms with Gasteiger partial charge in [0.1, 0.15) is 0 Å². The van der Waals surface area contributed by atoms with Crippen molar-refractivity contribution >= 4 is 5.91 Å². The van der Waals surface area contributed by atoms with E-state index < -0.39 is 0 Å². The second-order valence-corrected chi connectivity index (χ2v) is 6.64. The number of piperidine rings is 1. The molecule has 0 aliphatic carbocycles. The molecule has 0 aromatic heterocycles. The normalized spacial score (nSPS) is 19.1. The van der Waals surface area contributed by atoms with Crippen LogP contribution in [0.25, 0.3) is 0 Å². The Kier molecular flexibility index (Phi) is 6.91. The highest BCUT2D eigenvalue weighted by atomic mass is 16.1. The van der Waals surface area contributed by atoms with Crippen LogP contribution in [-0.4, -0.2) is 30.4 Å². The second kappa shape index (κ2) is 8.94. The molecule has 122 valence electrons. The molecule has 0 radical (unpaired) electrons. The molecular weight excluding hydrogens is 272 g/mol. The largest absolute Gasteiger partial charge is 0.352 e. The standard InChI is InChI=1S/C19H30N2O/c1-3-4-5-12-20-19(22)18-10-8-17(9-11-18)15-21-13-6-7-16(2)14-21/h8-11,16H,3-7,12-15H2,1-2H3,(H,20,22)/t16-/m1/s1. The van der Waals surface area contributed by atoms with Gasteiger partial charge in [0.2, 0.25) is 0 Å². The molecule has 1 atom stereocenters. The molecule has 1 amide bonds. The minimum atomic E-state index is 0.0502. The quantitative estimate of drug-likeness (QED) is 0.776. The van der Waals surface area contributed by atoms with Crippen molar-refractivity contribution in [2.75, 3.05) is 19.6 Å². The van der Waals surface area contributed by atoms with Gasteiger partial charge in [-0.25, -0.2) is 0 Å². The molecule has 1 fully saturated rings. The Bertz CT molecular complexity index is 455. The van der Waals surface area contributed by atoms with E-state index in [0.29, 0.717) is 0 Å². The maximum Gasteiger partial charge on any atom is 0.251 e. The van der Waals surface area contributed by atoms with Crippen LogP contribution in [0.5, 0.6) is 0 Å². The van der Waals surface area contributed by atoms with Gasteiger partial charge in [-0.3, -0.25) is 9.69 Å². The monoisotopic (exact) mass is 302 g/mol. The number of carbonyl (C=O) groups is 1. The zero-order valence-corrected chi connectivity index (χ0v) is 14.1. The topological polar surface area (TPSA) is 32.3 Å². The molecule has 1 saturated heterocycles. The zero-order chi connectivity index (χ0) is 15.8. The predicted molar refractivity (Wildman–Crippen MR) is 92.0 cm³/mol. The minimum absolute atomic E-state index is 0.0502. The third kappa shape index (κ3) is 5.45. The lowest BCUT2D eigenvalue weighted by molar-refractivity contribution is 0.0953. The fourth-order valence-electron chi connectivity index (χ4n) is 3.13. The lowest BCUT2D eigenvalue weighted by Gasteiger charge is -2.30. The van der Waals surface area contributed by atoms with Gasteiger partial charge in [-0.05, 0) is 49.4 Å². The number of nitrogens with zero attached hydrogens (tertiary/aromatic N) is 1. The Morgan fingerprint density at radius 2 is 2.05 bits per heavy atom. The van der Waals surface area contributed by atoms with Crippen molar-refractivity contribution in [3.8, 4) is 0 Å². The summed E-state index contributed by atoms with van der Waals surface area (Å²) in [7, 11) is 0. The van der Waals surface area contributed by atoms with Crippen LogP contribution in [-0.2, 0) is 6.54 Å². The van der Waals surface area contributed by atoms with Crippen molar-refractivity contribution in [3.63, 3.8) is 0 Å². The smallest absolute Gasteiger partial charge is 0.251 e. The van der Waals surface area contributed by atoms with Crippen LogP contribution in [0.15, 0.2) is 24.3 Å². The maximum absolute atomic E-state index is 12.0. The molecule has 3 heteroatoms. The summed E-state index contributed by atoms with van der Waals surface area (Å²) in [6.07, 6.45) is 6.08. The Morgan fingerprint density at radius 3 is 2.73 bits per heavy atom. The second-order valence-electron chi connectivity index (χ2n) is 6.64. The summed E-state index contributed by atoms with van der Waals surface area (Å²) < 4.78 is 0. The van der Waals surface area contributed by atoms with E-state index in [2.05, 4.69) is 36.2 Å². The lowest BCUT2D eigenvalue weighted by Crippen LogP contribution is -2.33. The summed E-state index contributed by atoms with van der Waals surface area (Å²) >= 11 is 0. The molecule has 3 nitrogen and oxygen atoms in total. The van der Waals surface area contributed by atoms with Crippen LogP contribution in [0.3, 0.4) is 0 Å². The molecule has 1 aliphatic heterocycles. The molecule has 0 bridgehead atoms. The van der Waals surface area contributed by atoms with Crippen molar-refractivity contribution in [1.29, 1.82) is 0 Å². The van der Waals surface area contributed by atoms with Crippen LogP contribution in [0.1, 0.15) is 61.9 Å².